The maximum absolute atomic E-state index is 3.73. The fraction of sp³-hybridized carbons (Fsp3) is 0.767. The molecule has 0 unspecified atom stereocenters. The molecule has 0 aliphatic rings. The Labute approximate surface area is 278 Å². The Balaban J connectivity index is 3.88. The monoisotopic (exact) mass is 610 g/mol. The predicted molar refractivity (Wildman–Crippen MR) is 203 cm³/mol. The van der Waals surface area contributed by atoms with Crippen molar-refractivity contribution in [2.45, 2.75) is 201 Å². The van der Waals surface area contributed by atoms with Gasteiger partial charge in [-0.15, -0.1) is 0 Å². The van der Waals surface area contributed by atoms with Crippen molar-refractivity contribution in [1.29, 1.82) is 0 Å². The van der Waals surface area contributed by atoms with Crippen LogP contribution in [0, 0.1) is 5.92 Å². The maximum Gasteiger partial charge on any atom is 0.0172 e. The minimum absolute atomic E-state index is 0.840. The second kappa shape index (κ2) is 37.7. The Morgan fingerprint density at radius 2 is 0.818 bits per heavy atom. The zero-order valence-corrected chi connectivity index (χ0v) is 30.6. The molecule has 0 rings (SSSR count). The van der Waals surface area contributed by atoms with Crippen LogP contribution >= 0.6 is 0 Å². The summed E-state index contributed by atoms with van der Waals surface area (Å²) < 4.78 is 0. The molecule has 256 valence electrons. The molecule has 1 nitrogen and oxygen atoms in total. The number of nitrogens with one attached hydrogen (secondary N) is 1. The fourth-order valence-electron chi connectivity index (χ4n) is 5.87. The Kier molecular flexibility index (Phi) is 36.4. The summed E-state index contributed by atoms with van der Waals surface area (Å²) in [5, 5.41) is 3.73. The molecule has 1 N–H and O–H groups in total. The highest BCUT2D eigenvalue weighted by atomic mass is 14.9. The Bertz CT molecular complexity index is 646. The van der Waals surface area contributed by atoms with E-state index in [9.17, 15) is 0 Å². The molecular formula is C43H79N. The van der Waals surface area contributed by atoms with Crippen LogP contribution in [0.25, 0.3) is 0 Å². The zero-order valence-electron chi connectivity index (χ0n) is 30.6. The van der Waals surface area contributed by atoms with Gasteiger partial charge < -0.3 is 5.32 Å². The number of rotatable bonds is 34. The standard InChI is InChI=1S/C43H79N/c1-5-8-10-12-14-16-18-20-22-24-26-28-30-32-34-36-39-43(41-44-42(4)38-7-3)40-37-35-33-31-29-27-25-23-21-19-17-15-13-11-9-6-2/h14-17,20-23,38,43-44H,5-13,18-19,24-37,39-41H2,1-4H3/b16-14-,17-15-,22-20-,23-21-,42-38?. The molecule has 0 aromatic rings. The first-order chi connectivity index (χ1) is 21.7. The fourth-order valence-corrected chi connectivity index (χ4v) is 5.87. The molecule has 1 heteroatoms. The molecule has 0 amide bonds. The Morgan fingerprint density at radius 1 is 0.455 bits per heavy atom. The quantitative estimate of drug-likeness (QED) is 0.0565. The topological polar surface area (TPSA) is 12.0 Å². The molecule has 0 aliphatic heterocycles. The first-order valence-corrected chi connectivity index (χ1v) is 19.7. The lowest BCUT2D eigenvalue weighted by molar-refractivity contribution is 0.392. The van der Waals surface area contributed by atoms with Gasteiger partial charge in [-0.25, -0.2) is 0 Å². The van der Waals surface area contributed by atoms with Gasteiger partial charge in [0.1, 0.15) is 0 Å². The first-order valence-electron chi connectivity index (χ1n) is 19.7. The van der Waals surface area contributed by atoms with Crippen LogP contribution in [0.5, 0.6) is 0 Å². The summed E-state index contributed by atoms with van der Waals surface area (Å²) in [6, 6.07) is 0. The minimum atomic E-state index is 0.840. The molecule has 0 spiro atoms. The molecule has 0 fully saturated rings. The second-order valence-electron chi connectivity index (χ2n) is 13.3. The molecule has 0 aliphatic carbocycles. The lowest BCUT2D eigenvalue weighted by Gasteiger charge is -2.19. The van der Waals surface area contributed by atoms with Crippen molar-refractivity contribution in [3.8, 4) is 0 Å². The molecule has 0 saturated heterocycles. The van der Waals surface area contributed by atoms with Gasteiger partial charge >= 0.3 is 0 Å². The summed E-state index contributed by atoms with van der Waals surface area (Å²) in [5.41, 5.74) is 1.37. The second-order valence-corrected chi connectivity index (χ2v) is 13.3. The van der Waals surface area contributed by atoms with Crippen molar-refractivity contribution in [2.24, 2.45) is 5.92 Å². The summed E-state index contributed by atoms with van der Waals surface area (Å²) in [7, 11) is 0. The van der Waals surface area contributed by atoms with E-state index in [2.05, 4.69) is 87.7 Å². The lowest BCUT2D eigenvalue weighted by atomic mass is 9.93. The van der Waals surface area contributed by atoms with Crippen LogP contribution in [0.4, 0.5) is 0 Å². The van der Waals surface area contributed by atoms with Crippen molar-refractivity contribution < 1.29 is 0 Å². The van der Waals surface area contributed by atoms with Crippen LogP contribution in [-0.2, 0) is 0 Å². The van der Waals surface area contributed by atoms with E-state index in [4.69, 9.17) is 0 Å². The lowest BCUT2D eigenvalue weighted by Crippen LogP contribution is -2.21. The molecule has 0 aromatic carbocycles. The Morgan fingerprint density at radius 3 is 1.20 bits per heavy atom. The van der Waals surface area contributed by atoms with Gasteiger partial charge in [0.2, 0.25) is 0 Å². The molecule has 0 bridgehead atoms. The van der Waals surface area contributed by atoms with Gasteiger partial charge in [-0.2, -0.15) is 0 Å². The highest BCUT2D eigenvalue weighted by molar-refractivity contribution is 4.95. The molecular weight excluding hydrogens is 530 g/mol. The maximum atomic E-state index is 3.73. The third-order valence-corrected chi connectivity index (χ3v) is 8.81. The number of hydrogen-bond donors (Lipinski definition) is 1. The van der Waals surface area contributed by atoms with Crippen molar-refractivity contribution in [3.05, 3.63) is 60.4 Å². The minimum Gasteiger partial charge on any atom is -0.389 e. The van der Waals surface area contributed by atoms with E-state index < -0.39 is 0 Å². The number of unbranched alkanes of at least 4 members (excludes halogenated alkanes) is 18. The van der Waals surface area contributed by atoms with E-state index in [0.29, 0.717) is 0 Å². The third-order valence-electron chi connectivity index (χ3n) is 8.81. The summed E-state index contributed by atoms with van der Waals surface area (Å²) in [6.45, 7) is 10.2. The third kappa shape index (κ3) is 35.0. The summed E-state index contributed by atoms with van der Waals surface area (Å²) in [5.74, 6) is 0.840. The SMILES string of the molecule is CCC=C(C)NCC(CCCCCCCC/C=C\C/C=C\CCCCC)CCCCCCCC/C=C\C/C=C\CCCCC. The van der Waals surface area contributed by atoms with E-state index >= 15 is 0 Å². The van der Waals surface area contributed by atoms with Gasteiger partial charge in [0.25, 0.3) is 0 Å². The van der Waals surface area contributed by atoms with Gasteiger partial charge in [0.05, 0.1) is 0 Å². The summed E-state index contributed by atoms with van der Waals surface area (Å²) >= 11 is 0. The largest absolute Gasteiger partial charge is 0.389 e. The van der Waals surface area contributed by atoms with Crippen LogP contribution in [-0.4, -0.2) is 6.54 Å². The first kappa shape index (κ1) is 42.5. The Hall–Kier alpha value is -1.50. The van der Waals surface area contributed by atoms with Crippen molar-refractivity contribution in [3.63, 3.8) is 0 Å². The van der Waals surface area contributed by atoms with Crippen LogP contribution in [0.15, 0.2) is 60.4 Å². The molecule has 0 saturated carbocycles. The molecule has 0 heterocycles. The van der Waals surface area contributed by atoms with Crippen LogP contribution in [0.3, 0.4) is 0 Å². The highest BCUT2D eigenvalue weighted by Crippen LogP contribution is 2.20. The van der Waals surface area contributed by atoms with Crippen LogP contribution < -0.4 is 5.32 Å². The van der Waals surface area contributed by atoms with Gasteiger partial charge in [-0.05, 0) is 96.3 Å². The number of allylic oxidation sites excluding steroid dienone is 10. The van der Waals surface area contributed by atoms with Gasteiger partial charge in [-0.1, -0.05) is 165 Å². The van der Waals surface area contributed by atoms with E-state index in [1.54, 1.807) is 0 Å². The molecule has 0 radical (unpaired) electrons. The van der Waals surface area contributed by atoms with Crippen molar-refractivity contribution in [2.75, 3.05) is 6.54 Å². The number of hydrogen-bond acceptors (Lipinski definition) is 1. The van der Waals surface area contributed by atoms with Crippen molar-refractivity contribution in [1.82, 2.24) is 5.32 Å². The smallest absolute Gasteiger partial charge is 0.0172 e. The molecule has 0 aromatic heterocycles. The van der Waals surface area contributed by atoms with E-state index in [0.717, 1.165) is 25.2 Å². The zero-order chi connectivity index (χ0) is 32.0. The highest BCUT2D eigenvalue weighted by Gasteiger charge is 2.09. The normalized spacial score (nSPS) is 12.8. The molecule has 0 atom stereocenters. The average molecular weight is 610 g/mol. The van der Waals surface area contributed by atoms with Crippen LogP contribution in [0.2, 0.25) is 0 Å². The van der Waals surface area contributed by atoms with Crippen molar-refractivity contribution >= 4 is 0 Å². The van der Waals surface area contributed by atoms with E-state index in [-0.39, 0.29) is 0 Å². The van der Waals surface area contributed by atoms with E-state index in [1.165, 1.54) is 166 Å². The van der Waals surface area contributed by atoms with Crippen LogP contribution in [0.1, 0.15) is 201 Å². The van der Waals surface area contributed by atoms with Gasteiger partial charge in [-0.3, -0.25) is 0 Å². The van der Waals surface area contributed by atoms with E-state index in [1.807, 2.05) is 0 Å². The summed E-state index contributed by atoms with van der Waals surface area (Å²) in [4.78, 5) is 0. The van der Waals surface area contributed by atoms with Gasteiger partial charge in [0, 0.05) is 12.2 Å². The van der Waals surface area contributed by atoms with Gasteiger partial charge in [0.15, 0.2) is 0 Å². The average Bonchev–Trinajstić information content (AvgIpc) is 3.02. The molecule has 44 heavy (non-hydrogen) atoms. The predicted octanol–water partition coefficient (Wildman–Crippen LogP) is 14.9. The summed E-state index contributed by atoms with van der Waals surface area (Å²) in [6.07, 6.45) is 57.4.